The molecule has 0 amide bonds. The highest BCUT2D eigenvalue weighted by Crippen LogP contribution is 2.19. The highest BCUT2D eigenvalue weighted by Gasteiger charge is 2.30. The number of benzene rings is 1. The smallest absolute Gasteiger partial charge is 0.430 e. The Labute approximate surface area is 86.8 Å². The Kier molecular flexibility index (Phi) is 2.67. The summed E-state index contributed by atoms with van der Waals surface area (Å²) >= 11 is 0. The van der Waals surface area contributed by atoms with Crippen molar-refractivity contribution in [1.29, 1.82) is 0 Å². The number of Topliss-reactive ketones (excluding diaryl/α,β-unsaturated/α-hetero) is 1. The average Bonchev–Trinajstić information content (AvgIpc) is 2.17. The van der Waals surface area contributed by atoms with Crippen LogP contribution in [0.1, 0.15) is 12.8 Å². The SMILES string of the molecule is O=C1CC(OC(=O)Oc2ccccc2)C1. The van der Waals surface area contributed by atoms with Crippen LogP contribution in [-0.4, -0.2) is 18.0 Å². The highest BCUT2D eigenvalue weighted by atomic mass is 16.7. The van der Waals surface area contributed by atoms with Crippen LogP contribution in [0.4, 0.5) is 4.79 Å². The predicted molar refractivity (Wildman–Crippen MR) is 51.6 cm³/mol. The summed E-state index contributed by atoms with van der Waals surface area (Å²) in [6.07, 6.45) is -0.430. The summed E-state index contributed by atoms with van der Waals surface area (Å²) in [4.78, 5) is 21.8. The van der Waals surface area contributed by atoms with Crippen molar-refractivity contribution in [1.82, 2.24) is 0 Å². The van der Waals surface area contributed by atoms with Crippen LogP contribution >= 0.6 is 0 Å². The minimum Gasteiger partial charge on any atom is -0.430 e. The number of rotatable bonds is 2. The third-order valence-electron chi connectivity index (χ3n) is 2.12. The maximum absolute atomic E-state index is 11.2. The minimum atomic E-state index is -0.751. The first kappa shape index (κ1) is 9.71. The second-order valence-corrected chi connectivity index (χ2v) is 3.35. The van der Waals surface area contributed by atoms with Crippen molar-refractivity contribution in [2.24, 2.45) is 0 Å². The van der Waals surface area contributed by atoms with E-state index in [9.17, 15) is 9.59 Å². The van der Waals surface area contributed by atoms with Crippen molar-refractivity contribution in [3.8, 4) is 5.75 Å². The van der Waals surface area contributed by atoms with E-state index in [1.165, 1.54) is 0 Å². The molecule has 1 fully saturated rings. The normalized spacial score (nSPS) is 15.6. The van der Waals surface area contributed by atoms with Gasteiger partial charge < -0.3 is 9.47 Å². The van der Waals surface area contributed by atoms with Gasteiger partial charge in [0.05, 0.1) is 0 Å². The van der Waals surface area contributed by atoms with Gasteiger partial charge in [-0.05, 0) is 12.1 Å². The first-order valence-electron chi connectivity index (χ1n) is 4.69. The Hall–Kier alpha value is -1.84. The molecule has 0 atom stereocenters. The maximum Gasteiger partial charge on any atom is 0.514 e. The second kappa shape index (κ2) is 4.13. The van der Waals surface area contributed by atoms with E-state index in [4.69, 9.17) is 9.47 Å². The molecule has 1 aliphatic carbocycles. The first-order chi connectivity index (χ1) is 7.24. The molecule has 1 saturated carbocycles. The van der Waals surface area contributed by atoms with Gasteiger partial charge in [0, 0.05) is 12.8 Å². The van der Waals surface area contributed by atoms with Gasteiger partial charge in [-0.25, -0.2) is 4.79 Å². The standard InChI is InChI=1S/C11H10O4/c12-8-6-10(7-8)15-11(13)14-9-4-2-1-3-5-9/h1-5,10H,6-7H2. The lowest BCUT2D eigenvalue weighted by Crippen LogP contribution is -2.34. The Morgan fingerprint density at radius 2 is 1.87 bits per heavy atom. The summed E-state index contributed by atoms with van der Waals surface area (Å²) in [6.45, 7) is 0. The van der Waals surface area contributed by atoms with Crippen LogP contribution in [-0.2, 0) is 9.53 Å². The molecule has 1 aromatic rings. The molecule has 0 aromatic heterocycles. The van der Waals surface area contributed by atoms with E-state index in [0.29, 0.717) is 18.6 Å². The number of ether oxygens (including phenoxy) is 2. The van der Waals surface area contributed by atoms with Gasteiger partial charge in [-0.2, -0.15) is 0 Å². The minimum absolute atomic E-state index is 0.118. The molecule has 4 nitrogen and oxygen atoms in total. The molecular formula is C11H10O4. The van der Waals surface area contributed by atoms with Crippen molar-refractivity contribution < 1.29 is 19.1 Å². The van der Waals surface area contributed by atoms with Gasteiger partial charge in [-0.15, -0.1) is 0 Å². The Balaban J connectivity index is 1.80. The molecule has 2 rings (SSSR count). The number of para-hydroxylation sites is 1. The number of carbonyl (C=O) groups is 2. The van der Waals surface area contributed by atoms with E-state index in [-0.39, 0.29) is 11.9 Å². The van der Waals surface area contributed by atoms with Crippen LogP contribution in [0.25, 0.3) is 0 Å². The molecule has 78 valence electrons. The molecule has 0 aliphatic heterocycles. The van der Waals surface area contributed by atoms with Crippen molar-refractivity contribution >= 4 is 11.9 Å². The van der Waals surface area contributed by atoms with Crippen LogP contribution < -0.4 is 4.74 Å². The molecule has 15 heavy (non-hydrogen) atoms. The van der Waals surface area contributed by atoms with Gasteiger partial charge in [-0.3, -0.25) is 4.79 Å². The molecule has 1 aromatic carbocycles. The third-order valence-corrected chi connectivity index (χ3v) is 2.12. The molecule has 0 unspecified atom stereocenters. The van der Waals surface area contributed by atoms with Crippen LogP contribution in [0.15, 0.2) is 30.3 Å². The molecule has 1 aliphatic rings. The van der Waals surface area contributed by atoms with Gasteiger partial charge in [0.15, 0.2) is 0 Å². The van der Waals surface area contributed by atoms with Crippen LogP contribution in [0, 0.1) is 0 Å². The van der Waals surface area contributed by atoms with Gasteiger partial charge >= 0.3 is 6.16 Å². The first-order valence-corrected chi connectivity index (χ1v) is 4.69. The van der Waals surface area contributed by atoms with E-state index in [0.717, 1.165) is 0 Å². The second-order valence-electron chi connectivity index (χ2n) is 3.35. The zero-order valence-electron chi connectivity index (χ0n) is 8.01. The van der Waals surface area contributed by atoms with Gasteiger partial charge in [0.1, 0.15) is 17.6 Å². The zero-order chi connectivity index (χ0) is 10.7. The summed E-state index contributed by atoms with van der Waals surface area (Å²) in [7, 11) is 0. The fraction of sp³-hybridized carbons (Fsp3) is 0.273. The van der Waals surface area contributed by atoms with Gasteiger partial charge in [-0.1, -0.05) is 18.2 Å². The summed E-state index contributed by atoms with van der Waals surface area (Å²) in [5, 5.41) is 0. The fourth-order valence-electron chi connectivity index (χ4n) is 1.28. The zero-order valence-corrected chi connectivity index (χ0v) is 8.01. The monoisotopic (exact) mass is 206 g/mol. The van der Waals surface area contributed by atoms with E-state index in [1.807, 2.05) is 6.07 Å². The summed E-state index contributed by atoms with van der Waals surface area (Å²) in [5.41, 5.74) is 0. The summed E-state index contributed by atoms with van der Waals surface area (Å²) in [5.74, 6) is 0.556. The molecule has 0 saturated heterocycles. The number of ketones is 1. The lowest BCUT2D eigenvalue weighted by atomic mass is 9.94. The Bertz CT molecular complexity index is 363. The molecule has 4 heteroatoms. The van der Waals surface area contributed by atoms with Crippen molar-refractivity contribution in [2.45, 2.75) is 18.9 Å². The van der Waals surface area contributed by atoms with Crippen molar-refractivity contribution in [2.75, 3.05) is 0 Å². The lowest BCUT2D eigenvalue weighted by molar-refractivity contribution is -0.131. The largest absolute Gasteiger partial charge is 0.514 e. The molecule has 0 heterocycles. The molecule has 0 N–H and O–H groups in total. The molecule has 0 radical (unpaired) electrons. The number of hydrogen-bond acceptors (Lipinski definition) is 4. The van der Waals surface area contributed by atoms with Crippen LogP contribution in [0.2, 0.25) is 0 Å². The van der Waals surface area contributed by atoms with E-state index in [2.05, 4.69) is 0 Å². The third kappa shape index (κ3) is 2.56. The Morgan fingerprint density at radius 3 is 2.47 bits per heavy atom. The predicted octanol–water partition coefficient (Wildman–Crippen LogP) is 1.93. The highest BCUT2D eigenvalue weighted by molar-refractivity contribution is 5.86. The topological polar surface area (TPSA) is 52.6 Å². The van der Waals surface area contributed by atoms with Gasteiger partial charge in [0.25, 0.3) is 0 Å². The van der Waals surface area contributed by atoms with Crippen molar-refractivity contribution in [3.63, 3.8) is 0 Å². The molecule has 0 bridgehead atoms. The molecular weight excluding hydrogens is 196 g/mol. The Morgan fingerprint density at radius 1 is 1.20 bits per heavy atom. The van der Waals surface area contributed by atoms with Crippen LogP contribution in [0.5, 0.6) is 5.75 Å². The molecule has 0 spiro atoms. The van der Waals surface area contributed by atoms with Gasteiger partial charge in [0.2, 0.25) is 0 Å². The quantitative estimate of drug-likeness (QED) is 0.548. The fourth-order valence-corrected chi connectivity index (χ4v) is 1.28. The van der Waals surface area contributed by atoms with E-state index < -0.39 is 6.16 Å². The number of hydrogen-bond donors (Lipinski definition) is 0. The van der Waals surface area contributed by atoms with E-state index >= 15 is 0 Å². The number of carbonyl (C=O) groups excluding carboxylic acids is 2. The average molecular weight is 206 g/mol. The summed E-state index contributed by atoms with van der Waals surface area (Å²) in [6, 6.07) is 8.66. The summed E-state index contributed by atoms with van der Waals surface area (Å²) < 4.78 is 9.76. The van der Waals surface area contributed by atoms with Crippen molar-refractivity contribution in [3.05, 3.63) is 30.3 Å². The maximum atomic E-state index is 11.2. The lowest BCUT2D eigenvalue weighted by Gasteiger charge is -2.23. The van der Waals surface area contributed by atoms with E-state index in [1.54, 1.807) is 24.3 Å². The van der Waals surface area contributed by atoms with Crippen LogP contribution in [0.3, 0.4) is 0 Å².